The second kappa shape index (κ2) is 11.2. The summed E-state index contributed by atoms with van der Waals surface area (Å²) in [5.74, 6) is 0.307. The second-order valence-electron chi connectivity index (χ2n) is 10.7. The van der Waals surface area contributed by atoms with Gasteiger partial charge in [0.1, 0.15) is 5.67 Å². The SMILES string of the molecule is C[C@@H]1Cc2c([nH]c3ccccc23)CN1CC(C)(C)F.O[C@@H](c1ccccc1)C1CN(CCCF)C1. The van der Waals surface area contributed by atoms with Gasteiger partial charge in [0.25, 0.3) is 0 Å². The van der Waals surface area contributed by atoms with Gasteiger partial charge in [0, 0.05) is 61.3 Å². The number of aromatic amines is 1. The molecule has 3 heterocycles. The number of alkyl halides is 2. The molecule has 190 valence electrons. The zero-order valence-corrected chi connectivity index (χ0v) is 21.2. The maximum absolute atomic E-state index is 13.9. The van der Waals surface area contributed by atoms with Gasteiger partial charge >= 0.3 is 0 Å². The third kappa shape index (κ3) is 6.49. The fraction of sp³-hybridized carbons (Fsp3) is 0.517. The molecule has 0 bridgehead atoms. The van der Waals surface area contributed by atoms with Crippen LogP contribution in [0.5, 0.6) is 0 Å². The first-order valence-electron chi connectivity index (χ1n) is 12.8. The number of aliphatic hydroxyl groups excluding tert-OH is 1. The number of hydrogen-bond donors (Lipinski definition) is 2. The van der Waals surface area contributed by atoms with Crippen LogP contribution in [-0.4, -0.2) is 64.5 Å². The van der Waals surface area contributed by atoms with Crippen LogP contribution in [0.3, 0.4) is 0 Å². The topological polar surface area (TPSA) is 42.5 Å². The predicted molar refractivity (Wildman–Crippen MR) is 139 cm³/mol. The molecule has 1 aromatic heterocycles. The zero-order valence-electron chi connectivity index (χ0n) is 21.2. The highest BCUT2D eigenvalue weighted by atomic mass is 19.1. The van der Waals surface area contributed by atoms with Gasteiger partial charge < -0.3 is 15.0 Å². The Kier molecular flexibility index (Phi) is 8.25. The van der Waals surface area contributed by atoms with E-state index in [1.807, 2.05) is 30.3 Å². The molecule has 0 amide bonds. The van der Waals surface area contributed by atoms with E-state index in [4.69, 9.17) is 0 Å². The van der Waals surface area contributed by atoms with E-state index < -0.39 is 5.67 Å². The minimum atomic E-state index is -1.14. The number of nitrogens with one attached hydrogen (secondary N) is 1. The first-order valence-corrected chi connectivity index (χ1v) is 12.8. The van der Waals surface area contributed by atoms with Crippen LogP contribution in [0.2, 0.25) is 0 Å². The van der Waals surface area contributed by atoms with Crippen molar-refractivity contribution < 1.29 is 13.9 Å². The van der Waals surface area contributed by atoms with Crippen molar-refractivity contribution in [2.24, 2.45) is 5.92 Å². The summed E-state index contributed by atoms with van der Waals surface area (Å²) in [7, 11) is 0. The molecule has 6 heteroatoms. The van der Waals surface area contributed by atoms with Crippen molar-refractivity contribution in [1.29, 1.82) is 0 Å². The van der Waals surface area contributed by atoms with Gasteiger partial charge in [-0.2, -0.15) is 0 Å². The third-order valence-corrected chi connectivity index (χ3v) is 7.15. The van der Waals surface area contributed by atoms with Gasteiger partial charge in [-0.05, 0) is 50.8 Å². The number of benzene rings is 2. The molecule has 0 unspecified atom stereocenters. The van der Waals surface area contributed by atoms with Gasteiger partial charge in [0.15, 0.2) is 0 Å². The van der Waals surface area contributed by atoms with E-state index in [1.54, 1.807) is 13.8 Å². The number of para-hydroxylation sites is 1. The summed E-state index contributed by atoms with van der Waals surface area (Å²) < 4.78 is 25.8. The minimum absolute atomic E-state index is 0.248. The number of nitrogens with zero attached hydrogens (tertiary/aromatic N) is 2. The quantitative estimate of drug-likeness (QED) is 0.455. The lowest BCUT2D eigenvalue weighted by Gasteiger charge is -2.41. The summed E-state index contributed by atoms with van der Waals surface area (Å²) in [6.45, 7) is 9.14. The molecule has 0 radical (unpaired) electrons. The number of hydrogen-bond acceptors (Lipinski definition) is 3. The number of aromatic nitrogens is 1. The summed E-state index contributed by atoms with van der Waals surface area (Å²) in [4.78, 5) is 7.91. The van der Waals surface area contributed by atoms with Gasteiger partial charge in [-0.3, -0.25) is 9.29 Å². The van der Waals surface area contributed by atoms with Crippen molar-refractivity contribution in [2.45, 2.75) is 58.0 Å². The summed E-state index contributed by atoms with van der Waals surface area (Å²) in [6, 6.07) is 18.5. The van der Waals surface area contributed by atoms with E-state index in [-0.39, 0.29) is 12.8 Å². The molecular formula is C29H39F2N3O. The van der Waals surface area contributed by atoms with Crippen molar-refractivity contribution in [3.63, 3.8) is 0 Å². The predicted octanol–water partition coefficient (Wildman–Crippen LogP) is 5.67. The Morgan fingerprint density at radius 1 is 1.09 bits per heavy atom. The normalized spacial score (nSPS) is 20.1. The van der Waals surface area contributed by atoms with Crippen LogP contribution >= 0.6 is 0 Å². The smallest absolute Gasteiger partial charge is 0.118 e. The Balaban J connectivity index is 0.000000168. The Morgan fingerprint density at radius 2 is 1.77 bits per heavy atom. The van der Waals surface area contributed by atoms with Gasteiger partial charge in [-0.25, -0.2) is 4.39 Å². The standard InChI is InChI=1S/C16H21FN2.C13H18FNO/c1-11-8-13-12-6-4-5-7-14(12)18-15(13)9-19(11)10-16(2,3)17;14-7-4-8-15-9-12(10-15)13(16)11-5-2-1-3-6-11/h4-7,11,18H,8-10H2,1-3H3;1-3,5-6,12-13,16H,4,7-10H2/t11-;13-/m10/s1. The summed E-state index contributed by atoms with van der Waals surface area (Å²) in [5.41, 5.74) is 3.70. The molecule has 2 aromatic carbocycles. The number of likely N-dealkylation sites (tertiary alicyclic amines) is 1. The van der Waals surface area contributed by atoms with Gasteiger partial charge in [0.05, 0.1) is 12.8 Å². The fourth-order valence-corrected chi connectivity index (χ4v) is 5.30. The number of halogens is 2. The molecule has 0 aliphatic carbocycles. The molecule has 1 fully saturated rings. The Morgan fingerprint density at radius 3 is 2.46 bits per heavy atom. The molecule has 0 saturated carbocycles. The maximum Gasteiger partial charge on any atom is 0.118 e. The summed E-state index contributed by atoms with van der Waals surface area (Å²) in [6.07, 6.45) is 1.23. The maximum atomic E-state index is 13.9. The molecule has 2 atom stereocenters. The van der Waals surface area contributed by atoms with E-state index >= 15 is 0 Å². The number of H-pyrrole nitrogens is 1. The largest absolute Gasteiger partial charge is 0.388 e. The van der Waals surface area contributed by atoms with E-state index in [0.717, 1.165) is 38.2 Å². The zero-order chi connectivity index (χ0) is 25.0. The van der Waals surface area contributed by atoms with Crippen LogP contribution < -0.4 is 0 Å². The van der Waals surface area contributed by atoms with Gasteiger partial charge in [-0.15, -0.1) is 0 Å². The highest BCUT2D eigenvalue weighted by molar-refractivity contribution is 5.84. The average molecular weight is 484 g/mol. The fourth-order valence-electron chi connectivity index (χ4n) is 5.30. The van der Waals surface area contributed by atoms with Crippen LogP contribution in [0, 0.1) is 5.92 Å². The minimum Gasteiger partial charge on any atom is -0.388 e. The van der Waals surface area contributed by atoms with Crippen molar-refractivity contribution in [3.8, 4) is 0 Å². The Bertz CT molecular complexity index is 1070. The van der Waals surface area contributed by atoms with Crippen LogP contribution in [0.4, 0.5) is 8.78 Å². The van der Waals surface area contributed by atoms with E-state index in [2.05, 4.69) is 46.0 Å². The molecular weight excluding hydrogens is 444 g/mol. The second-order valence-corrected chi connectivity index (χ2v) is 10.7. The average Bonchev–Trinajstić information content (AvgIpc) is 3.15. The van der Waals surface area contributed by atoms with E-state index in [9.17, 15) is 13.9 Å². The van der Waals surface area contributed by atoms with Crippen molar-refractivity contribution >= 4 is 10.9 Å². The molecule has 1 saturated heterocycles. The number of aliphatic hydroxyl groups is 1. The first kappa shape index (κ1) is 25.8. The van der Waals surface area contributed by atoms with Crippen LogP contribution in [-0.2, 0) is 13.0 Å². The van der Waals surface area contributed by atoms with Gasteiger partial charge in [0.2, 0.25) is 0 Å². The van der Waals surface area contributed by atoms with Crippen molar-refractivity contribution in [1.82, 2.24) is 14.8 Å². The van der Waals surface area contributed by atoms with Crippen LogP contribution in [0.25, 0.3) is 10.9 Å². The molecule has 3 aromatic rings. The Hall–Kier alpha value is -2.28. The molecule has 2 N–H and O–H groups in total. The lowest BCUT2D eigenvalue weighted by atomic mass is 9.89. The molecule has 35 heavy (non-hydrogen) atoms. The first-order chi connectivity index (χ1) is 16.7. The van der Waals surface area contributed by atoms with E-state index in [0.29, 0.717) is 24.9 Å². The highest BCUT2D eigenvalue weighted by Crippen LogP contribution is 2.31. The lowest BCUT2D eigenvalue weighted by molar-refractivity contribution is -0.00608. The van der Waals surface area contributed by atoms with Gasteiger partial charge in [-0.1, -0.05) is 48.5 Å². The van der Waals surface area contributed by atoms with Crippen molar-refractivity contribution in [3.05, 3.63) is 71.4 Å². The lowest BCUT2D eigenvalue weighted by Crippen LogP contribution is -2.49. The van der Waals surface area contributed by atoms with Crippen LogP contribution in [0.15, 0.2) is 54.6 Å². The van der Waals surface area contributed by atoms with E-state index in [1.165, 1.54) is 22.2 Å². The monoisotopic (exact) mass is 483 g/mol. The molecule has 5 rings (SSSR count). The molecule has 0 spiro atoms. The number of fused-ring (bicyclic) bond motifs is 3. The van der Waals surface area contributed by atoms with Crippen LogP contribution in [0.1, 0.15) is 50.1 Å². The third-order valence-electron chi connectivity index (χ3n) is 7.15. The molecule has 2 aliphatic rings. The summed E-state index contributed by atoms with van der Waals surface area (Å²) >= 11 is 0. The molecule has 4 nitrogen and oxygen atoms in total. The highest BCUT2D eigenvalue weighted by Gasteiger charge is 2.32. The number of rotatable bonds is 7. The molecule has 2 aliphatic heterocycles. The van der Waals surface area contributed by atoms with Crippen molar-refractivity contribution in [2.75, 3.05) is 32.9 Å². The Labute approximate surface area is 207 Å². The summed E-state index contributed by atoms with van der Waals surface area (Å²) in [5, 5.41) is 11.4.